The SMILES string of the molecule is C#CC(C)CCCCC.C#CC(O)CCCCC. The van der Waals surface area contributed by atoms with E-state index in [9.17, 15) is 0 Å². The highest BCUT2D eigenvalue weighted by Crippen LogP contribution is 2.07. The molecule has 0 aliphatic rings. The number of hydrogen-bond donors (Lipinski definition) is 1. The molecule has 1 N–H and O–H groups in total. The Bertz CT molecular complexity index is 205. The topological polar surface area (TPSA) is 20.2 Å². The number of unbranched alkanes of at least 4 members (excludes halogenated alkanes) is 4. The molecular formula is C17H30O. The summed E-state index contributed by atoms with van der Waals surface area (Å²) in [5.41, 5.74) is 0. The molecule has 0 aromatic rings. The second kappa shape index (κ2) is 16.1. The third-order valence-electron chi connectivity index (χ3n) is 2.80. The fourth-order valence-corrected chi connectivity index (χ4v) is 1.45. The van der Waals surface area contributed by atoms with Gasteiger partial charge in [0.2, 0.25) is 0 Å². The Morgan fingerprint density at radius 2 is 1.39 bits per heavy atom. The van der Waals surface area contributed by atoms with Gasteiger partial charge in [0.25, 0.3) is 0 Å². The molecule has 0 spiro atoms. The number of aliphatic hydroxyl groups excluding tert-OH is 1. The lowest BCUT2D eigenvalue weighted by atomic mass is 10.0. The summed E-state index contributed by atoms with van der Waals surface area (Å²) in [4.78, 5) is 0. The van der Waals surface area contributed by atoms with E-state index in [1.807, 2.05) is 0 Å². The van der Waals surface area contributed by atoms with E-state index in [2.05, 4.69) is 32.6 Å². The fourth-order valence-electron chi connectivity index (χ4n) is 1.45. The van der Waals surface area contributed by atoms with E-state index >= 15 is 0 Å². The molecule has 18 heavy (non-hydrogen) atoms. The summed E-state index contributed by atoms with van der Waals surface area (Å²) in [6.07, 6.45) is 18.9. The van der Waals surface area contributed by atoms with Crippen LogP contribution in [-0.2, 0) is 0 Å². The Kier molecular flexibility index (Phi) is 17.3. The van der Waals surface area contributed by atoms with Crippen molar-refractivity contribution < 1.29 is 5.11 Å². The minimum atomic E-state index is -0.517. The van der Waals surface area contributed by atoms with Gasteiger partial charge in [-0.05, 0) is 19.3 Å². The lowest BCUT2D eigenvalue weighted by Gasteiger charge is -2.00. The lowest BCUT2D eigenvalue weighted by Crippen LogP contribution is -2.00. The van der Waals surface area contributed by atoms with Crippen molar-refractivity contribution in [2.45, 2.75) is 78.2 Å². The molecule has 2 atom stereocenters. The van der Waals surface area contributed by atoms with E-state index < -0.39 is 6.10 Å². The van der Waals surface area contributed by atoms with Gasteiger partial charge in [0.1, 0.15) is 6.10 Å². The highest BCUT2D eigenvalue weighted by molar-refractivity contribution is 4.92. The zero-order valence-corrected chi connectivity index (χ0v) is 12.4. The summed E-state index contributed by atoms with van der Waals surface area (Å²) in [6.45, 7) is 6.44. The smallest absolute Gasteiger partial charge is 0.114 e. The van der Waals surface area contributed by atoms with Gasteiger partial charge >= 0.3 is 0 Å². The molecule has 0 rings (SSSR count). The van der Waals surface area contributed by atoms with Crippen LogP contribution in [0.15, 0.2) is 0 Å². The van der Waals surface area contributed by atoms with Crippen LogP contribution in [0.25, 0.3) is 0 Å². The Labute approximate surface area is 114 Å². The molecule has 0 fully saturated rings. The van der Waals surface area contributed by atoms with Crippen molar-refractivity contribution >= 4 is 0 Å². The average molecular weight is 250 g/mol. The Morgan fingerprint density at radius 3 is 1.78 bits per heavy atom. The molecule has 0 heterocycles. The van der Waals surface area contributed by atoms with E-state index in [0.717, 1.165) is 12.8 Å². The quantitative estimate of drug-likeness (QED) is 0.500. The maximum absolute atomic E-state index is 8.85. The van der Waals surface area contributed by atoms with Crippen molar-refractivity contribution in [3.8, 4) is 24.7 Å². The van der Waals surface area contributed by atoms with Gasteiger partial charge in [-0.15, -0.1) is 18.8 Å². The molecule has 0 saturated heterocycles. The normalized spacial score (nSPS) is 12.6. The molecule has 0 aliphatic carbocycles. The molecule has 2 unspecified atom stereocenters. The molecule has 0 aromatic carbocycles. The van der Waals surface area contributed by atoms with Crippen molar-refractivity contribution in [1.82, 2.24) is 0 Å². The third kappa shape index (κ3) is 17.5. The molecule has 0 aromatic heterocycles. The van der Waals surface area contributed by atoms with E-state index in [-0.39, 0.29) is 0 Å². The fraction of sp³-hybridized carbons (Fsp3) is 0.765. The monoisotopic (exact) mass is 250 g/mol. The maximum atomic E-state index is 8.85. The number of terminal acetylenes is 2. The maximum Gasteiger partial charge on any atom is 0.114 e. The Morgan fingerprint density at radius 1 is 0.889 bits per heavy atom. The van der Waals surface area contributed by atoms with Crippen LogP contribution in [0, 0.1) is 30.6 Å². The largest absolute Gasteiger partial charge is 0.380 e. The number of rotatable bonds is 8. The van der Waals surface area contributed by atoms with Gasteiger partial charge in [-0.3, -0.25) is 0 Å². The minimum absolute atomic E-state index is 0.483. The van der Waals surface area contributed by atoms with E-state index in [1.165, 1.54) is 38.5 Å². The van der Waals surface area contributed by atoms with Crippen LogP contribution in [0.1, 0.15) is 72.1 Å². The zero-order valence-electron chi connectivity index (χ0n) is 12.4. The van der Waals surface area contributed by atoms with E-state index in [1.54, 1.807) is 0 Å². The van der Waals surface area contributed by atoms with Crippen molar-refractivity contribution in [3.05, 3.63) is 0 Å². The highest BCUT2D eigenvalue weighted by atomic mass is 16.3. The third-order valence-corrected chi connectivity index (χ3v) is 2.80. The molecule has 104 valence electrons. The standard InChI is InChI=1S/C9H16.C8H14O/c1-4-6-7-8-9(3)5-2;1-3-5-6-7-8(9)4-2/h2,9H,4,6-8H2,1,3H3;2,8-9H,3,5-7H2,1H3. The van der Waals surface area contributed by atoms with Gasteiger partial charge in [0, 0.05) is 5.92 Å². The average Bonchev–Trinajstić information content (AvgIpc) is 2.39. The first kappa shape index (κ1) is 19.4. The van der Waals surface area contributed by atoms with E-state index in [0.29, 0.717) is 5.92 Å². The summed E-state index contributed by atoms with van der Waals surface area (Å²) in [5, 5.41) is 8.85. The second-order valence-corrected chi connectivity index (χ2v) is 4.74. The van der Waals surface area contributed by atoms with Crippen molar-refractivity contribution in [2.24, 2.45) is 5.92 Å². The second-order valence-electron chi connectivity index (χ2n) is 4.74. The van der Waals surface area contributed by atoms with Gasteiger partial charge in [0.15, 0.2) is 0 Å². The van der Waals surface area contributed by atoms with Crippen LogP contribution >= 0.6 is 0 Å². The molecule has 0 radical (unpaired) electrons. The van der Waals surface area contributed by atoms with Gasteiger partial charge in [0.05, 0.1) is 0 Å². The Hall–Kier alpha value is -0.920. The van der Waals surface area contributed by atoms with E-state index in [4.69, 9.17) is 18.0 Å². The molecule has 0 aliphatic heterocycles. The summed E-state index contributed by atoms with van der Waals surface area (Å²) in [5.74, 6) is 5.49. The predicted molar refractivity (Wildman–Crippen MR) is 81.1 cm³/mol. The van der Waals surface area contributed by atoms with Crippen LogP contribution in [0.4, 0.5) is 0 Å². The lowest BCUT2D eigenvalue weighted by molar-refractivity contribution is 0.217. The Balaban J connectivity index is 0. The summed E-state index contributed by atoms with van der Waals surface area (Å²) < 4.78 is 0. The van der Waals surface area contributed by atoms with Crippen molar-refractivity contribution in [2.75, 3.05) is 0 Å². The summed E-state index contributed by atoms with van der Waals surface area (Å²) >= 11 is 0. The van der Waals surface area contributed by atoms with Crippen LogP contribution in [0.2, 0.25) is 0 Å². The summed E-state index contributed by atoms with van der Waals surface area (Å²) in [6, 6.07) is 0. The number of hydrogen-bond acceptors (Lipinski definition) is 1. The van der Waals surface area contributed by atoms with Crippen molar-refractivity contribution in [3.63, 3.8) is 0 Å². The predicted octanol–water partition coefficient (Wildman–Crippen LogP) is 4.40. The summed E-state index contributed by atoms with van der Waals surface area (Å²) in [7, 11) is 0. The molecule has 1 nitrogen and oxygen atoms in total. The molecule has 0 bridgehead atoms. The molecule has 1 heteroatoms. The molecular weight excluding hydrogens is 220 g/mol. The van der Waals surface area contributed by atoms with Gasteiger partial charge in [-0.1, -0.05) is 58.8 Å². The van der Waals surface area contributed by atoms with Crippen LogP contribution < -0.4 is 0 Å². The minimum Gasteiger partial charge on any atom is -0.380 e. The molecule has 0 saturated carbocycles. The zero-order chi connectivity index (χ0) is 14.2. The molecule has 0 amide bonds. The first-order valence-corrected chi connectivity index (χ1v) is 7.22. The van der Waals surface area contributed by atoms with Crippen LogP contribution in [0.5, 0.6) is 0 Å². The first-order valence-electron chi connectivity index (χ1n) is 7.22. The van der Waals surface area contributed by atoms with Crippen LogP contribution in [-0.4, -0.2) is 11.2 Å². The van der Waals surface area contributed by atoms with Gasteiger partial charge in [-0.2, -0.15) is 0 Å². The van der Waals surface area contributed by atoms with Crippen LogP contribution in [0.3, 0.4) is 0 Å². The van der Waals surface area contributed by atoms with Crippen molar-refractivity contribution in [1.29, 1.82) is 0 Å². The highest BCUT2D eigenvalue weighted by Gasteiger charge is 1.95. The number of aliphatic hydroxyl groups is 1. The van der Waals surface area contributed by atoms with Gasteiger partial charge in [-0.25, -0.2) is 0 Å². The van der Waals surface area contributed by atoms with Gasteiger partial charge < -0.3 is 5.11 Å². The first-order chi connectivity index (χ1) is 8.62.